The van der Waals surface area contributed by atoms with Crippen LogP contribution in [0.4, 0.5) is 0 Å². The highest BCUT2D eigenvalue weighted by atomic mass is 32.1. The first kappa shape index (κ1) is 14.3. The lowest BCUT2D eigenvalue weighted by atomic mass is 9.99. The lowest BCUT2D eigenvalue weighted by Crippen LogP contribution is -2.27. The molecule has 2 aromatic heterocycles. The Morgan fingerprint density at radius 3 is 2.53 bits per heavy atom. The number of rotatable bonds is 5. The van der Waals surface area contributed by atoms with Gasteiger partial charge in [0.05, 0.1) is 5.69 Å². The summed E-state index contributed by atoms with van der Waals surface area (Å²) in [5.41, 5.74) is 3.36. The van der Waals surface area contributed by atoms with E-state index in [1.54, 1.807) is 0 Å². The molecule has 1 N–H and O–H groups in total. The van der Waals surface area contributed by atoms with Crippen LogP contribution in [0, 0.1) is 4.77 Å². The maximum absolute atomic E-state index is 5.54. The average molecular weight is 280 g/mol. The van der Waals surface area contributed by atoms with Crippen LogP contribution in [0.3, 0.4) is 0 Å². The van der Waals surface area contributed by atoms with E-state index in [1.807, 2.05) is 11.7 Å². The Kier molecular flexibility index (Phi) is 3.85. The molecule has 5 heteroatoms. The molecule has 106 valence electrons. The predicted octanol–water partition coefficient (Wildman–Crippen LogP) is 3.92. The number of hydrogen-bond acceptors (Lipinski definition) is 2. The Bertz CT molecular complexity index is 630. The number of fused-ring (bicyclic) bond motifs is 1. The van der Waals surface area contributed by atoms with Gasteiger partial charge in [-0.3, -0.25) is 9.25 Å². The molecule has 0 atom stereocenters. The van der Waals surface area contributed by atoms with Gasteiger partial charge in [0, 0.05) is 12.6 Å². The van der Waals surface area contributed by atoms with Crippen LogP contribution in [-0.2, 0) is 19.0 Å². The minimum atomic E-state index is 0.0152. The van der Waals surface area contributed by atoms with Crippen LogP contribution in [0.1, 0.15) is 52.7 Å². The molecule has 0 aliphatic heterocycles. The van der Waals surface area contributed by atoms with Crippen molar-refractivity contribution in [2.75, 3.05) is 0 Å². The third-order valence-corrected chi connectivity index (χ3v) is 3.97. The summed E-state index contributed by atoms with van der Waals surface area (Å²) in [5.74, 6) is 0. The Hall–Kier alpha value is -1.10. The highest BCUT2D eigenvalue weighted by Crippen LogP contribution is 2.29. The fourth-order valence-corrected chi connectivity index (χ4v) is 3.35. The summed E-state index contributed by atoms with van der Waals surface area (Å²) in [7, 11) is 2.00. The van der Waals surface area contributed by atoms with Gasteiger partial charge in [0.2, 0.25) is 0 Å². The highest BCUT2D eigenvalue weighted by molar-refractivity contribution is 7.71. The number of hydrogen-bond donors (Lipinski definition) is 1. The number of nitrogens with one attached hydrogen (secondary N) is 1. The van der Waals surface area contributed by atoms with Crippen molar-refractivity contribution in [1.82, 2.24) is 19.3 Å². The molecule has 0 aliphatic rings. The van der Waals surface area contributed by atoms with E-state index in [1.165, 1.54) is 0 Å². The van der Waals surface area contributed by atoms with Crippen molar-refractivity contribution in [1.29, 1.82) is 0 Å². The Morgan fingerprint density at radius 2 is 1.95 bits per heavy atom. The van der Waals surface area contributed by atoms with Gasteiger partial charge in [-0.2, -0.15) is 5.10 Å². The number of aromatic amines is 1. The van der Waals surface area contributed by atoms with Crippen LogP contribution in [-0.4, -0.2) is 19.3 Å². The van der Waals surface area contributed by atoms with E-state index in [4.69, 9.17) is 12.2 Å². The van der Waals surface area contributed by atoms with Gasteiger partial charge in [-0.25, -0.2) is 0 Å². The molecule has 0 aromatic carbocycles. The molecule has 0 radical (unpaired) electrons. The molecule has 0 fully saturated rings. The quantitative estimate of drug-likeness (QED) is 0.843. The Labute approximate surface area is 119 Å². The van der Waals surface area contributed by atoms with Crippen LogP contribution < -0.4 is 0 Å². The maximum Gasteiger partial charge on any atom is 0.179 e. The molecule has 0 aliphatic carbocycles. The summed E-state index contributed by atoms with van der Waals surface area (Å²) in [6.07, 6.45) is 4.32. The SMILES string of the molecule is CCCc1nn(C)c2c1[nH]c(=S)n2C(C)(C)CCC. The summed E-state index contributed by atoms with van der Waals surface area (Å²) in [6, 6.07) is 0. The second-order valence-electron chi connectivity index (χ2n) is 5.85. The largest absolute Gasteiger partial charge is 0.328 e. The molecule has 0 amide bonds. The van der Waals surface area contributed by atoms with Crippen molar-refractivity contribution in [2.24, 2.45) is 7.05 Å². The zero-order chi connectivity index (χ0) is 14.2. The Morgan fingerprint density at radius 1 is 1.26 bits per heavy atom. The van der Waals surface area contributed by atoms with E-state index in [2.05, 4.69) is 42.3 Å². The summed E-state index contributed by atoms with van der Waals surface area (Å²) in [5, 5.41) is 4.63. The van der Waals surface area contributed by atoms with Crippen molar-refractivity contribution in [3.05, 3.63) is 10.5 Å². The summed E-state index contributed by atoms with van der Waals surface area (Å²) in [4.78, 5) is 3.36. The molecule has 2 rings (SSSR count). The van der Waals surface area contributed by atoms with E-state index in [-0.39, 0.29) is 5.54 Å². The van der Waals surface area contributed by atoms with Crippen LogP contribution in [0.25, 0.3) is 11.2 Å². The molecular formula is C14H24N4S. The zero-order valence-corrected chi connectivity index (χ0v) is 13.4. The fraction of sp³-hybridized carbons (Fsp3) is 0.714. The monoisotopic (exact) mass is 280 g/mol. The highest BCUT2D eigenvalue weighted by Gasteiger charge is 2.25. The smallest absolute Gasteiger partial charge is 0.179 e. The lowest BCUT2D eigenvalue weighted by Gasteiger charge is -2.26. The van der Waals surface area contributed by atoms with Crippen LogP contribution >= 0.6 is 12.2 Å². The third kappa shape index (κ3) is 2.36. The number of aromatic nitrogens is 4. The fourth-order valence-electron chi connectivity index (χ4n) is 2.91. The molecule has 19 heavy (non-hydrogen) atoms. The molecule has 0 spiro atoms. The minimum absolute atomic E-state index is 0.0152. The topological polar surface area (TPSA) is 38.5 Å². The number of H-pyrrole nitrogens is 1. The van der Waals surface area contributed by atoms with Gasteiger partial charge in [-0.05, 0) is 38.9 Å². The first-order chi connectivity index (χ1) is 8.92. The van der Waals surface area contributed by atoms with Gasteiger partial charge in [-0.15, -0.1) is 0 Å². The molecule has 0 saturated carbocycles. The molecule has 2 aromatic rings. The second-order valence-corrected chi connectivity index (χ2v) is 6.23. The number of aryl methyl sites for hydroxylation is 2. The van der Waals surface area contributed by atoms with Gasteiger partial charge in [0.15, 0.2) is 10.4 Å². The normalized spacial score (nSPS) is 12.5. The van der Waals surface area contributed by atoms with Crippen molar-refractivity contribution in [2.45, 2.75) is 58.9 Å². The number of imidazole rings is 1. The summed E-state index contributed by atoms with van der Waals surface area (Å²) < 4.78 is 5.00. The van der Waals surface area contributed by atoms with Gasteiger partial charge in [0.25, 0.3) is 0 Å². The first-order valence-electron chi connectivity index (χ1n) is 7.09. The van der Waals surface area contributed by atoms with Crippen molar-refractivity contribution in [3.63, 3.8) is 0 Å². The summed E-state index contributed by atoms with van der Waals surface area (Å²) >= 11 is 5.54. The lowest BCUT2D eigenvalue weighted by molar-refractivity contribution is 0.325. The molecule has 2 heterocycles. The first-order valence-corrected chi connectivity index (χ1v) is 7.50. The second kappa shape index (κ2) is 5.12. The van der Waals surface area contributed by atoms with E-state index in [0.717, 1.165) is 47.3 Å². The van der Waals surface area contributed by atoms with E-state index in [0.29, 0.717) is 0 Å². The van der Waals surface area contributed by atoms with Crippen LogP contribution in [0.15, 0.2) is 0 Å². The molecule has 0 bridgehead atoms. The van der Waals surface area contributed by atoms with E-state index >= 15 is 0 Å². The van der Waals surface area contributed by atoms with Gasteiger partial charge in [0.1, 0.15) is 5.52 Å². The average Bonchev–Trinajstić information content (AvgIpc) is 2.78. The van der Waals surface area contributed by atoms with Crippen LogP contribution in [0.5, 0.6) is 0 Å². The standard InChI is InChI=1S/C14H24N4S/c1-6-8-10-11-12(17(5)16-10)18(13(19)15-11)14(3,4)9-7-2/h6-9H2,1-5H3,(H,15,19). The van der Waals surface area contributed by atoms with Crippen molar-refractivity contribution < 1.29 is 0 Å². The number of nitrogens with zero attached hydrogens (tertiary/aromatic N) is 3. The van der Waals surface area contributed by atoms with Gasteiger partial charge >= 0.3 is 0 Å². The third-order valence-electron chi connectivity index (χ3n) is 3.69. The molecule has 0 unspecified atom stereocenters. The Balaban J connectivity index is 2.69. The van der Waals surface area contributed by atoms with Gasteiger partial charge in [-0.1, -0.05) is 26.7 Å². The van der Waals surface area contributed by atoms with E-state index in [9.17, 15) is 0 Å². The minimum Gasteiger partial charge on any atom is -0.328 e. The molecule has 4 nitrogen and oxygen atoms in total. The van der Waals surface area contributed by atoms with Crippen molar-refractivity contribution in [3.8, 4) is 0 Å². The maximum atomic E-state index is 5.54. The van der Waals surface area contributed by atoms with Crippen molar-refractivity contribution >= 4 is 23.4 Å². The van der Waals surface area contributed by atoms with Crippen LogP contribution in [0.2, 0.25) is 0 Å². The molecular weight excluding hydrogens is 256 g/mol. The zero-order valence-electron chi connectivity index (χ0n) is 12.6. The summed E-state index contributed by atoms with van der Waals surface area (Å²) in [6.45, 7) is 8.87. The molecule has 0 saturated heterocycles. The predicted molar refractivity (Wildman–Crippen MR) is 82.1 cm³/mol. The van der Waals surface area contributed by atoms with E-state index < -0.39 is 0 Å². The van der Waals surface area contributed by atoms with Gasteiger partial charge < -0.3 is 4.98 Å².